The van der Waals surface area contributed by atoms with Crippen molar-refractivity contribution in [3.05, 3.63) is 53.3 Å². The lowest BCUT2D eigenvalue weighted by atomic mass is 10.2. The van der Waals surface area contributed by atoms with E-state index >= 15 is 0 Å². The minimum Gasteiger partial charge on any atom is -0.337 e. The van der Waals surface area contributed by atoms with Crippen LogP contribution in [0.1, 0.15) is 18.4 Å². The Morgan fingerprint density at radius 1 is 1.32 bits per heavy atom. The Morgan fingerprint density at radius 2 is 2.21 bits per heavy atom. The third-order valence-corrected chi connectivity index (χ3v) is 3.26. The van der Waals surface area contributed by atoms with Crippen molar-refractivity contribution >= 4 is 11.6 Å². The third kappa shape index (κ3) is 4.65. The maximum absolute atomic E-state index is 12.9. The summed E-state index contributed by atoms with van der Waals surface area (Å²) in [6.45, 7) is 2.57. The first kappa shape index (κ1) is 14.0. The topological polar surface area (TPSA) is 29.9 Å². The predicted octanol–water partition coefficient (Wildman–Crippen LogP) is 3.25. The van der Waals surface area contributed by atoms with Gasteiger partial charge in [-0.1, -0.05) is 17.7 Å². The summed E-state index contributed by atoms with van der Waals surface area (Å²) >= 11 is 5.95. The summed E-state index contributed by atoms with van der Waals surface area (Å²) in [4.78, 5) is 4.00. The highest BCUT2D eigenvalue weighted by molar-refractivity contribution is 6.31. The number of aryl methyl sites for hydroxylation is 1. The first-order valence-electron chi connectivity index (χ1n) is 6.36. The number of benzene rings is 1. The number of halogens is 2. The lowest BCUT2D eigenvalue weighted by Crippen LogP contribution is -2.15. The molecule has 1 aromatic carbocycles. The molecule has 1 aromatic heterocycles. The Hall–Kier alpha value is -1.39. The van der Waals surface area contributed by atoms with Gasteiger partial charge in [0.1, 0.15) is 5.82 Å². The van der Waals surface area contributed by atoms with Crippen LogP contribution in [0.25, 0.3) is 0 Å². The van der Waals surface area contributed by atoms with Gasteiger partial charge >= 0.3 is 0 Å². The van der Waals surface area contributed by atoms with Gasteiger partial charge in [-0.3, -0.25) is 0 Å². The summed E-state index contributed by atoms with van der Waals surface area (Å²) in [5, 5.41) is 3.79. The molecule has 102 valence electrons. The van der Waals surface area contributed by atoms with Crippen molar-refractivity contribution in [3.8, 4) is 0 Å². The summed E-state index contributed by atoms with van der Waals surface area (Å²) in [7, 11) is 0. The number of hydrogen-bond donors (Lipinski definition) is 1. The van der Waals surface area contributed by atoms with Gasteiger partial charge in [-0.15, -0.1) is 0 Å². The van der Waals surface area contributed by atoms with Crippen LogP contribution < -0.4 is 5.32 Å². The van der Waals surface area contributed by atoms with Gasteiger partial charge in [0.15, 0.2) is 0 Å². The van der Waals surface area contributed by atoms with Gasteiger partial charge in [-0.2, -0.15) is 0 Å². The van der Waals surface area contributed by atoms with Crippen molar-refractivity contribution in [1.29, 1.82) is 0 Å². The van der Waals surface area contributed by atoms with Crippen molar-refractivity contribution in [2.45, 2.75) is 25.9 Å². The van der Waals surface area contributed by atoms with Crippen LogP contribution in [0.15, 0.2) is 36.9 Å². The average Bonchev–Trinajstić information content (AvgIpc) is 2.89. The SMILES string of the molecule is Fc1ccc(CNCCCCn2ccnc2)c(Cl)c1. The number of nitrogens with one attached hydrogen (secondary N) is 1. The molecule has 3 nitrogen and oxygen atoms in total. The first-order valence-corrected chi connectivity index (χ1v) is 6.74. The largest absolute Gasteiger partial charge is 0.337 e. The zero-order valence-electron chi connectivity index (χ0n) is 10.6. The third-order valence-electron chi connectivity index (χ3n) is 2.91. The predicted molar refractivity (Wildman–Crippen MR) is 74.6 cm³/mol. The lowest BCUT2D eigenvalue weighted by Gasteiger charge is -2.07. The van der Waals surface area contributed by atoms with E-state index in [1.165, 1.54) is 12.1 Å². The van der Waals surface area contributed by atoms with E-state index in [9.17, 15) is 4.39 Å². The molecule has 0 aliphatic rings. The number of unbranched alkanes of at least 4 members (excludes halogenated alkanes) is 1. The summed E-state index contributed by atoms with van der Waals surface area (Å²) in [5.74, 6) is -0.297. The molecule has 2 aromatic rings. The second-order valence-electron chi connectivity index (χ2n) is 4.42. The van der Waals surface area contributed by atoms with Gasteiger partial charge in [-0.25, -0.2) is 9.37 Å². The molecule has 0 atom stereocenters. The second-order valence-corrected chi connectivity index (χ2v) is 4.83. The van der Waals surface area contributed by atoms with Gasteiger partial charge in [-0.05, 0) is 37.1 Å². The highest BCUT2D eigenvalue weighted by atomic mass is 35.5. The highest BCUT2D eigenvalue weighted by Crippen LogP contribution is 2.16. The van der Waals surface area contributed by atoms with Gasteiger partial charge in [0.25, 0.3) is 0 Å². The molecule has 0 unspecified atom stereocenters. The van der Waals surface area contributed by atoms with E-state index in [1.807, 2.05) is 12.5 Å². The van der Waals surface area contributed by atoms with Gasteiger partial charge in [0.2, 0.25) is 0 Å². The number of rotatable bonds is 7. The van der Waals surface area contributed by atoms with Crippen LogP contribution in [-0.2, 0) is 13.1 Å². The molecule has 0 saturated carbocycles. The number of aromatic nitrogens is 2. The van der Waals surface area contributed by atoms with Crippen LogP contribution in [0.2, 0.25) is 5.02 Å². The Bertz CT molecular complexity index is 499. The maximum atomic E-state index is 12.9. The Labute approximate surface area is 117 Å². The van der Waals surface area contributed by atoms with E-state index in [2.05, 4.69) is 14.9 Å². The average molecular weight is 282 g/mol. The van der Waals surface area contributed by atoms with Crippen LogP contribution in [0.3, 0.4) is 0 Å². The minimum absolute atomic E-state index is 0.297. The van der Waals surface area contributed by atoms with E-state index in [0.29, 0.717) is 11.6 Å². The monoisotopic (exact) mass is 281 g/mol. The fraction of sp³-hybridized carbons (Fsp3) is 0.357. The van der Waals surface area contributed by atoms with Crippen LogP contribution in [-0.4, -0.2) is 16.1 Å². The second kappa shape index (κ2) is 7.26. The number of hydrogen-bond acceptors (Lipinski definition) is 2. The molecular weight excluding hydrogens is 265 g/mol. The van der Waals surface area contributed by atoms with Crippen LogP contribution >= 0.6 is 11.6 Å². The molecule has 0 radical (unpaired) electrons. The molecule has 19 heavy (non-hydrogen) atoms. The van der Waals surface area contributed by atoms with Crippen LogP contribution in [0.5, 0.6) is 0 Å². The fourth-order valence-electron chi connectivity index (χ4n) is 1.85. The molecule has 5 heteroatoms. The quantitative estimate of drug-likeness (QED) is 0.790. The van der Waals surface area contributed by atoms with Crippen molar-refractivity contribution in [2.24, 2.45) is 0 Å². The summed E-state index contributed by atoms with van der Waals surface area (Å²) in [5.41, 5.74) is 0.928. The summed E-state index contributed by atoms with van der Waals surface area (Å²) in [6, 6.07) is 4.50. The Kier molecular flexibility index (Phi) is 5.36. The van der Waals surface area contributed by atoms with Gasteiger partial charge < -0.3 is 9.88 Å². The first-order chi connectivity index (χ1) is 9.25. The molecule has 0 aliphatic carbocycles. The van der Waals surface area contributed by atoms with E-state index in [4.69, 9.17) is 11.6 Å². The van der Waals surface area contributed by atoms with E-state index < -0.39 is 0 Å². The summed E-state index contributed by atoms with van der Waals surface area (Å²) in [6.07, 6.45) is 7.75. The molecule has 0 saturated heterocycles. The lowest BCUT2D eigenvalue weighted by molar-refractivity contribution is 0.567. The molecule has 1 N–H and O–H groups in total. The zero-order valence-corrected chi connectivity index (χ0v) is 11.4. The molecular formula is C14H17ClFN3. The Morgan fingerprint density at radius 3 is 2.95 bits per heavy atom. The van der Waals surface area contributed by atoms with Crippen molar-refractivity contribution in [1.82, 2.24) is 14.9 Å². The molecule has 0 fully saturated rings. The smallest absolute Gasteiger partial charge is 0.124 e. The minimum atomic E-state index is -0.297. The zero-order chi connectivity index (χ0) is 13.5. The highest BCUT2D eigenvalue weighted by Gasteiger charge is 2.01. The standard InChI is InChI=1S/C14H17ClFN3/c15-14-9-13(16)4-3-12(14)10-17-5-1-2-7-19-8-6-18-11-19/h3-4,6,8-9,11,17H,1-2,5,7,10H2. The normalized spacial score (nSPS) is 10.8. The van der Waals surface area contributed by atoms with Crippen molar-refractivity contribution < 1.29 is 4.39 Å². The van der Waals surface area contributed by atoms with Gasteiger partial charge in [0, 0.05) is 30.5 Å². The van der Waals surface area contributed by atoms with Gasteiger partial charge in [0.05, 0.1) is 6.33 Å². The molecule has 1 heterocycles. The summed E-state index contributed by atoms with van der Waals surface area (Å²) < 4.78 is 14.9. The van der Waals surface area contributed by atoms with Crippen LogP contribution in [0, 0.1) is 5.82 Å². The molecule has 0 bridgehead atoms. The molecule has 2 rings (SSSR count). The number of nitrogens with zero attached hydrogens (tertiary/aromatic N) is 2. The van der Waals surface area contributed by atoms with Crippen molar-refractivity contribution in [2.75, 3.05) is 6.54 Å². The molecule has 0 spiro atoms. The fourth-order valence-corrected chi connectivity index (χ4v) is 2.09. The van der Waals surface area contributed by atoms with E-state index in [0.717, 1.165) is 31.5 Å². The maximum Gasteiger partial charge on any atom is 0.124 e. The molecule has 0 aliphatic heterocycles. The molecule has 0 amide bonds. The Balaban J connectivity index is 1.61. The number of imidazole rings is 1. The van der Waals surface area contributed by atoms with E-state index in [1.54, 1.807) is 12.3 Å². The van der Waals surface area contributed by atoms with E-state index in [-0.39, 0.29) is 5.82 Å². The van der Waals surface area contributed by atoms with Crippen LogP contribution in [0.4, 0.5) is 4.39 Å². The van der Waals surface area contributed by atoms with Crippen molar-refractivity contribution in [3.63, 3.8) is 0 Å².